The van der Waals surface area contributed by atoms with Crippen LogP contribution in [0.5, 0.6) is 0 Å². The van der Waals surface area contributed by atoms with E-state index in [-0.39, 0.29) is 6.54 Å². The molecule has 0 saturated heterocycles. The van der Waals surface area contributed by atoms with Crippen molar-refractivity contribution in [3.05, 3.63) is 34.4 Å². The van der Waals surface area contributed by atoms with Crippen molar-refractivity contribution in [2.75, 3.05) is 13.1 Å². The Balaban J connectivity index is 1.82. The number of aryl methyl sites for hydroxylation is 3. The monoisotopic (exact) mass is 304 g/mol. The summed E-state index contributed by atoms with van der Waals surface area (Å²) >= 11 is 0. The fourth-order valence-electron chi connectivity index (χ4n) is 3.46. The minimum Gasteiger partial charge on any atom is -0.480 e. The molecule has 22 heavy (non-hydrogen) atoms. The lowest BCUT2D eigenvalue weighted by molar-refractivity contribution is -0.139. The molecule has 4 heteroatoms. The maximum absolute atomic E-state index is 10.9. The first-order chi connectivity index (χ1) is 10.4. The Morgan fingerprint density at radius 2 is 1.86 bits per heavy atom. The number of carboxylic acid groups (broad SMARTS) is 1. The minimum absolute atomic E-state index is 0.157. The number of rotatable bonds is 7. The van der Waals surface area contributed by atoms with Crippen LogP contribution >= 0.6 is 0 Å². The summed E-state index contributed by atoms with van der Waals surface area (Å²) in [6.07, 6.45) is 2.09. The van der Waals surface area contributed by atoms with Gasteiger partial charge in [-0.05, 0) is 56.8 Å². The molecular formula is C18H28N2O2. The molecule has 1 fully saturated rings. The Labute approximate surface area is 133 Å². The van der Waals surface area contributed by atoms with Crippen molar-refractivity contribution in [2.45, 2.75) is 59.2 Å². The van der Waals surface area contributed by atoms with E-state index in [9.17, 15) is 4.79 Å². The van der Waals surface area contributed by atoms with Gasteiger partial charge in [0.2, 0.25) is 0 Å². The van der Waals surface area contributed by atoms with Gasteiger partial charge in [0.1, 0.15) is 0 Å². The molecule has 1 aromatic rings. The zero-order chi connectivity index (χ0) is 16.3. The van der Waals surface area contributed by atoms with Gasteiger partial charge in [0.05, 0.1) is 6.54 Å². The van der Waals surface area contributed by atoms with Crippen molar-refractivity contribution in [1.29, 1.82) is 0 Å². The molecule has 0 aliphatic heterocycles. The van der Waals surface area contributed by atoms with Gasteiger partial charge in [-0.1, -0.05) is 24.6 Å². The van der Waals surface area contributed by atoms with Crippen LogP contribution in [0.25, 0.3) is 0 Å². The second-order valence-electron chi connectivity index (χ2n) is 6.54. The van der Waals surface area contributed by atoms with E-state index in [1.165, 1.54) is 22.3 Å². The van der Waals surface area contributed by atoms with Crippen molar-refractivity contribution in [3.8, 4) is 0 Å². The average Bonchev–Trinajstić information content (AvgIpc) is 2.37. The van der Waals surface area contributed by atoms with E-state index in [0.29, 0.717) is 12.1 Å². The van der Waals surface area contributed by atoms with Gasteiger partial charge in [-0.3, -0.25) is 9.69 Å². The lowest BCUT2D eigenvalue weighted by Crippen LogP contribution is -2.53. The number of aliphatic carboxylic acids is 1. The number of hydrogen-bond acceptors (Lipinski definition) is 3. The molecule has 0 heterocycles. The molecule has 4 nitrogen and oxygen atoms in total. The molecule has 122 valence electrons. The average molecular weight is 304 g/mol. The van der Waals surface area contributed by atoms with Crippen LogP contribution in [0.15, 0.2) is 12.1 Å². The van der Waals surface area contributed by atoms with Crippen LogP contribution in [-0.2, 0) is 11.3 Å². The molecule has 0 unspecified atom stereocenters. The van der Waals surface area contributed by atoms with E-state index >= 15 is 0 Å². The molecule has 1 aliphatic rings. The van der Waals surface area contributed by atoms with Crippen LogP contribution in [0.1, 0.15) is 42.0 Å². The van der Waals surface area contributed by atoms with Gasteiger partial charge >= 0.3 is 5.97 Å². The van der Waals surface area contributed by atoms with E-state index < -0.39 is 5.97 Å². The number of likely N-dealkylation sites (N-methyl/N-ethyl adjacent to an activating group) is 1. The Kier molecular flexibility index (Phi) is 5.59. The van der Waals surface area contributed by atoms with Gasteiger partial charge in [0.15, 0.2) is 0 Å². The van der Waals surface area contributed by atoms with Crippen molar-refractivity contribution >= 4 is 5.97 Å². The summed E-state index contributed by atoms with van der Waals surface area (Å²) in [7, 11) is 0. The summed E-state index contributed by atoms with van der Waals surface area (Å²) in [6.45, 7) is 10.4. The molecule has 1 aromatic carbocycles. The van der Waals surface area contributed by atoms with Crippen LogP contribution in [0.4, 0.5) is 0 Å². The highest BCUT2D eigenvalue weighted by Crippen LogP contribution is 2.26. The summed E-state index contributed by atoms with van der Waals surface area (Å²) in [6, 6.07) is 5.39. The quantitative estimate of drug-likeness (QED) is 0.813. The lowest BCUT2D eigenvalue weighted by atomic mass is 9.85. The standard InChI is InChI=1S/C18H28N2O2/c1-5-20(11-18(21)22)16-8-15(9-16)19-10-17-13(3)6-12(2)7-14(17)4/h6-7,15-16,19H,5,8-11H2,1-4H3,(H,21,22). The van der Waals surface area contributed by atoms with Crippen molar-refractivity contribution in [3.63, 3.8) is 0 Å². The maximum atomic E-state index is 10.9. The number of nitrogens with zero attached hydrogens (tertiary/aromatic N) is 1. The number of nitrogens with one attached hydrogen (secondary N) is 1. The predicted octanol–water partition coefficient (Wildman–Crippen LogP) is 2.64. The van der Waals surface area contributed by atoms with Gasteiger partial charge in [0, 0.05) is 18.6 Å². The van der Waals surface area contributed by atoms with Crippen LogP contribution in [-0.4, -0.2) is 41.1 Å². The van der Waals surface area contributed by atoms with Gasteiger partial charge in [-0.2, -0.15) is 0 Å². The summed E-state index contributed by atoms with van der Waals surface area (Å²) in [4.78, 5) is 12.9. The Morgan fingerprint density at radius 3 is 2.36 bits per heavy atom. The summed E-state index contributed by atoms with van der Waals surface area (Å²) in [5.41, 5.74) is 5.41. The molecule has 1 saturated carbocycles. The maximum Gasteiger partial charge on any atom is 0.317 e. The fourth-order valence-corrected chi connectivity index (χ4v) is 3.46. The van der Waals surface area contributed by atoms with E-state index in [4.69, 9.17) is 5.11 Å². The van der Waals surface area contributed by atoms with Crippen LogP contribution in [0.2, 0.25) is 0 Å². The Hall–Kier alpha value is -1.39. The summed E-state index contributed by atoms with van der Waals surface area (Å²) < 4.78 is 0. The third kappa shape index (κ3) is 4.08. The molecule has 0 atom stereocenters. The van der Waals surface area contributed by atoms with Crippen LogP contribution < -0.4 is 5.32 Å². The van der Waals surface area contributed by atoms with E-state index in [1.54, 1.807) is 0 Å². The fraction of sp³-hybridized carbons (Fsp3) is 0.611. The SMILES string of the molecule is CCN(CC(=O)O)C1CC(NCc2c(C)cc(C)cc2C)C1. The smallest absolute Gasteiger partial charge is 0.317 e. The van der Waals surface area contributed by atoms with E-state index in [0.717, 1.165) is 25.9 Å². The third-order valence-corrected chi connectivity index (χ3v) is 4.78. The minimum atomic E-state index is -0.732. The lowest BCUT2D eigenvalue weighted by Gasteiger charge is -2.42. The first-order valence-electron chi connectivity index (χ1n) is 8.16. The molecule has 2 rings (SSSR count). The van der Waals surface area contributed by atoms with Gasteiger partial charge < -0.3 is 10.4 Å². The number of carboxylic acids is 1. The molecule has 0 aromatic heterocycles. The molecule has 1 aliphatic carbocycles. The van der Waals surface area contributed by atoms with Gasteiger partial charge in [-0.25, -0.2) is 0 Å². The van der Waals surface area contributed by atoms with Crippen LogP contribution in [0.3, 0.4) is 0 Å². The summed E-state index contributed by atoms with van der Waals surface area (Å²) in [5.74, 6) is -0.732. The zero-order valence-electron chi connectivity index (χ0n) is 14.1. The largest absolute Gasteiger partial charge is 0.480 e. The number of benzene rings is 1. The molecule has 0 radical (unpaired) electrons. The second kappa shape index (κ2) is 7.25. The third-order valence-electron chi connectivity index (χ3n) is 4.78. The topological polar surface area (TPSA) is 52.6 Å². The number of carbonyl (C=O) groups is 1. The number of hydrogen-bond donors (Lipinski definition) is 2. The molecule has 0 bridgehead atoms. The van der Waals surface area contributed by atoms with Crippen molar-refractivity contribution < 1.29 is 9.90 Å². The van der Waals surface area contributed by atoms with E-state index in [1.807, 2.05) is 6.92 Å². The molecule has 2 N–H and O–H groups in total. The zero-order valence-corrected chi connectivity index (χ0v) is 14.1. The molecular weight excluding hydrogens is 276 g/mol. The normalized spacial score (nSPS) is 21.0. The predicted molar refractivity (Wildman–Crippen MR) is 89.2 cm³/mol. The highest BCUT2D eigenvalue weighted by molar-refractivity contribution is 5.69. The second-order valence-corrected chi connectivity index (χ2v) is 6.54. The molecule has 0 spiro atoms. The summed E-state index contributed by atoms with van der Waals surface area (Å²) in [5, 5.41) is 12.6. The van der Waals surface area contributed by atoms with Crippen molar-refractivity contribution in [1.82, 2.24) is 10.2 Å². The highest BCUT2D eigenvalue weighted by atomic mass is 16.4. The highest BCUT2D eigenvalue weighted by Gasteiger charge is 2.33. The first kappa shape index (κ1) is 17.0. The van der Waals surface area contributed by atoms with Gasteiger partial charge in [-0.15, -0.1) is 0 Å². The Morgan fingerprint density at radius 1 is 1.27 bits per heavy atom. The first-order valence-corrected chi connectivity index (χ1v) is 8.16. The van der Waals surface area contributed by atoms with Gasteiger partial charge in [0.25, 0.3) is 0 Å². The van der Waals surface area contributed by atoms with Crippen LogP contribution in [0, 0.1) is 20.8 Å². The van der Waals surface area contributed by atoms with Crippen molar-refractivity contribution in [2.24, 2.45) is 0 Å². The Bertz CT molecular complexity index is 513. The van der Waals surface area contributed by atoms with E-state index in [2.05, 4.69) is 43.1 Å². The molecule has 0 amide bonds.